The fourth-order valence-corrected chi connectivity index (χ4v) is 5.02. The zero-order valence-corrected chi connectivity index (χ0v) is 21.5. The summed E-state index contributed by atoms with van der Waals surface area (Å²) in [5, 5.41) is 17.7. The van der Waals surface area contributed by atoms with Gasteiger partial charge in [0.15, 0.2) is 6.10 Å². The van der Waals surface area contributed by atoms with Crippen molar-refractivity contribution in [2.24, 2.45) is 11.5 Å². The molecular formula is C24H32ClN3O7S. The molecule has 0 fully saturated rings. The van der Waals surface area contributed by atoms with Crippen LogP contribution in [0.5, 0.6) is 5.75 Å². The number of unbranched alkanes of at least 4 members (excludes halogenated alkanes) is 1. The molecule has 10 nitrogen and oxygen atoms in total. The lowest BCUT2D eigenvalue weighted by molar-refractivity contribution is -0.145. The van der Waals surface area contributed by atoms with Gasteiger partial charge in [-0.05, 0) is 74.5 Å². The highest BCUT2D eigenvalue weighted by atomic mass is 35.5. The second kappa shape index (κ2) is 13.6. The number of aryl methyl sites for hydroxylation is 1. The number of hydrogen-bond acceptors (Lipinski definition) is 7. The number of hydrogen-bond donors (Lipinski definition) is 5. The van der Waals surface area contributed by atoms with Gasteiger partial charge >= 0.3 is 11.9 Å². The summed E-state index contributed by atoms with van der Waals surface area (Å²) in [5.74, 6) is -1.39. The van der Waals surface area contributed by atoms with E-state index in [1.165, 1.54) is 12.1 Å². The van der Waals surface area contributed by atoms with Crippen LogP contribution in [-0.2, 0) is 26.0 Å². The van der Waals surface area contributed by atoms with Crippen molar-refractivity contribution in [2.45, 2.75) is 62.1 Å². The van der Waals surface area contributed by atoms with Crippen molar-refractivity contribution >= 4 is 33.6 Å². The van der Waals surface area contributed by atoms with E-state index in [1.54, 1.807) is 31.2 Å². The molecule has 0 aromatic heterocycles. The Morgan fingerprint density at radius 1 is 1.19 bits per heavy atom. The zero-order valence-electron chi connectivity index (χ0n) is 19.9. The van der Waals surface area contributed by atoms with Crippen LogP contribution >= 0.6 is 11.6 Å². The molecule has 1 aliphatic heterocycles. The minimum atomic E-state index is -3.71. The van der Waals surface area contributed by atoms with Crippen LogP contribution in [-0.4, -0.2) is 49.3 Å². The van der Waals surface area contributed by atoms with Gasteiger partial charge in [0.2, 0.25) is 10.0 Å². The smallest absolute Gasteiger partial charge is 0.344 e. The van der Waals surface area contributed by atoms with Crippen LogP contribution in [0.4, 0.5) is 0 Å². The number of carboxylic acids is 2. The summed E-state index contributed by atoms with van der Waals surface area (Å²) in [6.45, 7) is 2.35. The normalized spacial score (nSPS) is 16.5. The summed E-state index contributed by atoms with van der Waals surface area (Å²) < 4.78 is 33.1. The van der Waals surface area contributed by atoms with E-state index in [1.807, 2.05) is 6.07 Å². The van der Waals surface area contributed by atoms with E-state index in [2.05, 4.69) is 4.72 Å². The molecule has 0 saturated heterocycles. The van der Waals surface area contributed by atoms with Crippen molar-refractivity contribution in [3.8, 4) is 5.75 Å². The molecular weight excluding hydrogens is 510 g/mol. The molecule has 1 heterocycles. The Kier molecular flexibility index (Phi) is 11.1. The Morgan fingerprint density at radius 2 is 1.92 bits per heavy atom. The Bertz CT molecular complexity index is 1160. The monoisotopic (exact) mass is 541 g/mol. The molecule has 0 radical (unpaired) electrons. The molecule has 198 valence electrons. The number of carboxylic acid groups (broad SMARTS) is 2. The molecule has 0 aliphatic carbocycles. The molecule has 2 aromatic carbocycles. The van der Waals surface area contributed by atoms with Crippen molar-refractivity contribution in [3.63, 3.8) is 0 Å². The quantitative estimate of drug-likeness (QED) is 0.282. The van der Waals surface area contributed by atoms with Crippen molar-refractivity contribution in [2.75, 3.05) is 6.54 Å². The van der Waals surface area contributed by atoms with Gasteiger partial charge in [0.25, 0.3) is 0 Å². The van der Waals surface area contributed by atoms with Gasteiger partial charge in [-0.25, -0.2) is 17.9 Å². The lowest BCUT2D eigenvalue weighted by Crippen LogP contribution is -2.31. The molecule has 12 heteroatoms. The third-order valence-electron chi connectivity index (χ3n) is 5.53. The Labute approximate surface area is 215 Å². The van der Waals surface area contributed by atoms with E-state index < -0.39 is 40.1 Å². The largest absolute Gasteiger partial charge is 0.480 e. The molecule has 3 rings (SSSR count). The van der Waals surface area contributed by atoms with Crippen molar-refractivity contribution in [1.82, 2.24) is 4.72 Å². The van der Waals surface area contributed by atoms with Crippen molar-refractivity contribution in [1.29, 1.82) is 0 Å². The number of fused-ring (bicyclic) bond motifs is 1. The van der Waals surface area contributed by atoms with Crippen molar-refractivity contribution < 1.29 is 33.0 Å². The summed E-state index contributed by atoms with van der Waals surface area (Å²) in [4.78, 5) is 21.3. The predicted molar refractivity (Wildman–Crippen MR) is 136 cm³/mol. The third kappa shape index (κ3) is 8.75. The summed E-state index contributed by atoms with van der Waals surface area (Å²) in [6, 6.07) is 10.1. The van der Waals surface area contributed by atoms with Crippen LogP contribution < -0.4 is 20.9 Å². The van der Waals surface area contributed by atoms with E-state index in [0.29, 0.717) is 36.6 Å². The van der Waals surface area contributed by atoms with Gasteiger partial charge in [-0.1, -0.05) is 36.2 Å². The summed E-state index contributed by atoms with van der Waals surface area (Å²) in [5.41, 5.74) is 12.1. The maximum Gasteiger partial charge on any atom is 0.344 e. The fraction of sp³-hybridized carbons (Fsp3) is 0.417. The number of aliphatic carboxylic acids is 2. The molecule has 2 aromatic rings. The average molecular weight is 542 g/mol. The second-order valence-electron chi connectivity index (χ2n) is 8.38. The van der Waals surface area contributed by atoms with Gasteiger partial charge in [-0.15, -0.1) is 0 Å². The van der Waals surface area contributed by atoms with Crippen LogP contribution in [0.15, 0.2) is 47.4 Å². The van der Waals surface area contributed by atoms with Crippen molar-refractivity contribution in [3.05, 3.63) is 58.6 Å². The molecule has 7 N–H and O–H groups in total. The number of sulfonamides is 1. The number of halogens is 1. The maximum atomic E-state index is 12.5. The average Bonchev–Trinajstić information content (AvgIpc) is 2.83. The molecule has 0 amide bonds. The second-order valence-corrected chi connectivity index (χ2v) is 10.5. The Hall–Kier alpha value is -2.70. The number of nitrogens with two attached hydrogens (primary N) is 2. The van der Waals surface area contributed by atoms with E-state index in [4.69, 9.17) is 38.0 Å². The lowest BCUT2D eigenvalue weighted by Gasteiger charge is -2.24. The van der Waals surface area contributed by atoms with E-state index in [-0.39, 0.29) is 4.90 Å². The number of rotatable bonds is 10. The van der Waals surface area contributed by atoms with E-state index in [9.17, 15) is 18.0 Å². The van der Waals surface area contributed by atoms with Gasteiger partial charge in [0.05, 0.1) is 4.90 Å². The molecule has 0 saturated carbocycles. The van der Waals surface area contributed by atoms with E-state index >= 15 is 0 Å². The van der Waals surface area contributed by atoms with Crippen LogP contribution in [0, 0.1) is 0 Å². The van der Waals surface area contributed by atoms with Gasteiger partial charge < -0.3 is 26.4 Å². The molecule has 0 bridgehead atoms. The number of benzene rings is 2. The highest BCUT2D eigenvalue weighted by Crippen LogP contribution is 2.31. The van der Waals surface area contributed by atoms with Gasteiger partial charge in [0, 0.05) is 11.1 Å². The minimum absolute atomic E-state index is 0.0995. The standard InChI is InChI=1S/C18H18ClNO5S.C6H14N2O2/c1-11(20-26(23,24)15-4-2-3-14(19)10-15)12-5-7-16-13(9-12)6-8-17(25-16)18(21)22;7-4-2-1-3-5(8)6(9)10/h2-5,7,9-11,17,20H,6,8H2,1H3,(H,21,22);5H,1-4,7-8H2,(H,9,10). The summed E-state index contributed by atoms with van der Waals surface area (Å²) >= 11 is 5.87. The highest BCUT2D eigenvalue weighted by Gasteiger charge is 2.26. The van der Waals surface area contributed by atoms with E-state index in [0.717, 1.165) is 24.0 Å². The Morgan fingerprint density at radius 3 is 2.53 bits per heavy atom. The van der Waals surface area contributed by atoms with Crippen LogP contribution in [0.25, 0.3) is 0 Å². The maximum absolute atomic E-state index is 12.5. The molecule has 3 atom stereocenters. The predicted octanol–water partition coefficient (Wildman–Crippen LogP) is 2.69. The number of carbonyl (C=O) groups is 2. The highest BCUT2D eigenvalue weighted by molar-refractivity contribution is 7.89. The minimum Gasteiger partial charge on any atom is -0.480 e. The molecule has 0 spiro atoms. The first kappa shape index (κ1) is 29.5. The van der Waals surface area contributed by atoms with Crippen LogP contribution in [0.3, 0.4) is 0 Å². The molecule has 1 aliphatic rings. The lowest BCUT2D eigenvalue weighted by atomic mass is 9.98. The summed E-state index contributed by atoms with van der Waals surface area (Å²) in [6.07, 6.45) is 2.27. The topological polar surface area (TPSA) is 182 Å². The first-order valence-corrected chi connectivity index (χ1v) is 13.3. The molecule has 36 heavy (non-hydrogen) atoms. The van der Waals surface area contributed by atoms with Crippen LogP contribution in [0.1, 0.15) is 49.8 Å². The van der Waals surface area contributed by atoms with Gasteiger partial charge in [-0.3, -0.25) is 4.79 Å². The SMILES string of the molecule is CC(NS(=O)(=O)c1cccc(Cl)c1)c1ccc2c(c1)CCC(C(=O)O)O2.NCCCCC(N)C(=O)O. The van der Waals surface area contributed by atoms with Gasteiger partial charge in [-0.2, -0.15) is 0 Å². The number of ether oxygens (including phenoxy) is 1. The first-order chi connectivity index (χ1) is 16.9. The van der Waals surface area contributed by atoms with Gasteiger partial charge in [0.1, 0.15) is 11.8 Å². The third-order valence-corrected chi connectivity index (χ3v) is 7.30. The summed E-state index contributed by atoms with van der Waals surface area (Å²) in [7, 11) is -3.71. The number of nitrogens with one attached hydrogen (secondary N) is 1. The Balaban J connectivity index is 0.000000388. The van der Waals surface area contributed by atoms with Crippen LogP contribution in [0.2, 0.25) is 5.02 Å². The molecule has 3 unspecified atom stereocenters. The fourth-order valence-electron chi connectivity index (χ4n) is 3.49. The zero-order chi connectivity index (χ0) is 26.9. The first-order valence-electron chi connectivity index (χ1n) is 11.4.